The minimum absolute atomic E-state index is 0.188. The van der Waals surface area contributed by atoms with Gasteiger partial charge in [-0.15, -0.1) is 5.53 Å². The van der Waals surface area contributed by atoms with E-state index in [1.54, 1.807) is 12.1 Å². The molecule has 1 aromatic rings. The van der Waals surface area contributed by atoms with Crippen molar-refractivity contribution in [2.24, 2.45) is 5.92 Å². The zero-order chi connectivity index (χ0) is 24.8. The lowest BCUT2D eigenvalue weighted by atomic mass is 9.90. The SMILES string of the molecule is CC[C@@](O)(CN1NNC=C1CCCCNC1CCC(=O)NC1=O)c1ccc(F)c(OCC2CC2)c1. The van der Waals surface area contributed by atoms with Crippen LogP contribution in [0.5, 0.6) is 5.75 Å². The number of aliphatic hydroxyl groups is 1. The topological polar surface area (TPSA) is 115 Å². The monoisotopic (exact) mass is 489 g/mol. The predicted octanol–water partition coefficient (Wildman–Crippen LogP) is 1.94. The van der Waals surface area contributed by atoms with Crippen LogP contribution < -0.4 is 26.3 Å². The number of ether oxygens (including phenoxy) is 1. The van der Waals surface area contributed by atoms with Crippen molar-refractivity contribution in [2.75, 3.05) is 19.7 Å². The number of unbranched alkanes of at least 4 members (excludes halogenated alkanes) is 1. The Labute approximate surface area is 205 Å². The van der Waals surface area contributed by atoms with Crippen LogP contribution in [0.1, 0.15) is 63.9 Å². The number of allylic oxidation sites excluding steroid dienone is 1. The fourth-order valence-electron chi connectivity index (χ4n) is 4.35. The van der Waals surface area contributed by atoms with Crippen LogP contribution >= 0.6 is 0 Å². The van der Waals surface area contributed by atoms with Gasteiger partial charge in [0.05, 0.1) is 19.2 Å². The van der Waals surface area contributed by atoms with Crippen molar-refractivity contribution in [1.82, 2.24) is 26.6 Å². The molecule has 0 bridgehead atoms. The molecule has 2 atom stereocenters. The van der Waals surface area contributed by atoms with Gasteiger partial charge in [0.2, 0.25) is 11.8 Å². The van der Waals surface area contributed by atoms with E-state index in [0.29, 0.717) is 43.9 Å². The molecule has 0 spiro atoms. The summed E-state index contributed by atoms with van der Waals surface area (Å²) in [7, 11) is 0. The summed E-state index contributed by atoms with van der Waals surface area (Å²) in [6.07, 6.45) is 7.98. The Morgan fingerprint density at radius 3 is 2.83 bits per heavy atom. The molecule has 1 saturated heterocycles. The summed E-state index contributed by atoms with van der Waals surface area (Å²) in [4.78, 5) is 23.1. The maximum absolute atomic E-state index is 14.3. The fourth-order valence-corrected chi connectivity index (χ4v) is 4.35. The number of halogens is 1. The number of piperidine rings is 1. The summed E-state index contributed by atoms with van der Waals surface area (Å²) >= 11 is 0. The van der Waals surface area contributed by atoms with E-state index in [0.717, 1.165) is 37.8 Å². The van der Waals surface area contributed by atoms with Gasteiger partial charge in [-0.1, -0.05) is 13.0 Å². The minimum atomic E-state index is -1.20. The van der Waals surface area contributed by atoms with Crippen molar-refractivity contribution in [3.8, 4) is 5.75 Å². The second-order valence-electron chi connectivity index (χ2n) is 9.68. The highest BCUT2D eigenvalue weighted by Crippen LogP contribution is 2.34. The van der Waals surface area contributed by atoms with Crippen molar-refractivity contribution >= 4 is 11.8 Å². The van der Waals surface area contributed by atoms with Gasteiger partial charge in [0, 0.05) is 18.3 Å². The number of rotatable bonds is 13. The second-order valence-corrected chi connectivity index (χ2v) is 9.68. The van der Waals surface area contributed by atoms with Gasteiger partial charge in [0.15, 0.2) is 11.6 Å². The lowest BCUT2D eigenvalue weighted by Crippen LogP contribution is -2.50. The molecule has 1 unspecified atom stereocenters. The Kier molecular flexibility index (Phi) is 8.25. The number of nitrogens with zero attached hydrogens (tertiary/aromatic N) is 1. The van der Waals surface area contributed by atoms with E-state index in [-0.39, 0.29) is 30.2 Å². The lowest BCUT2D eigenvalue weighted by Gasteiger charge is -2.34. The van der Waals surface area contributed by atoms with Gasteiger partial charge < -0.3 is 20.6 Å². The highest BCUT2D eigenvalue weighted by molar-refractivity contribution is 6.00. The van der Waals surface area contributed by atoms with Gasteiger partial charge in [-0.2, -0.15) is 0 Å². The van der Waals surface area contributed by atoms with Crippen molar-refractivity contribution in [3.63, 3.8) is 0 Å². The Balaban J connectivity index is 1.27. The zero-order valence-corrected chi connectivity index (χ0v) is 20.2. The van der Waals surface area contributed by atoms with Crippen LogP contribution in [-0.4, -0.2) is 47.7 Å². The van der Waals surface area contributed by atoms with Crippen LogP contribution in [0, 0.1) is 11.7 Å². The molecule has 1 aromatic carbocycles. The molecule has 192 valence electrons. The molecule has 2 heterocycles. The number of benzene rings is 1. The molecule has 35 heavy (non-hydrogen) atoms. The smallest absolute Gasteiger partial charge is 0.243 e. The third-order valence-electron chi connectivity index (χ3n) is 6.92. The van der Waals surface area contributed by atoms with Gasteiger partial charge >= 0.3 is 0 Å². The molecule has 5 N–H and O–H groups in total. The Morgan fingerprint density at radius 1 is 1.26 bits per heavy atom. The summed E-state index contributed by atoms with van der Waals surface area (Å²) in [6, 6.07) is 4.29. The van der Waals surface area contributed by atoms with E-state index >= 15 is 0 Å². The van der Waals surface area contributed by atoms with E-state index in [1.807, 2.05) is 18.1 Å². The van der Waals surface area contributed by atoms with E-state index in [9.17, 15) is 19.1 Å². The molecule has 3 aliphatic rings. The summed E-state index contributed by atoms with van der Waals surface area (Å²) < 4.78 is 19.9. The third kappa shape index (κ3) is 6.71. The van der Waals surface area contributed by atoms with Crippen LogP contribution in [0.4, 0.5) is 4.39 Å². The van der Waals surface area contributed by atoms with Crippen LogP contribution in [0.15, 0.2) is 30.1 Å². The number of carbonyl (C=O) groups excluding carboxylic acids is 2. The molecular formula is C25H36FN5O4. The summed E-state index contributed by atoms with van der Waals surface area (Å²) in [6.45, 7) is 3.37. The van der Waals surface area contributed by atoms with Crippen molar-refractivity contribution in [3.05, 3.63) is 41.5 Å². The second kappa shape index (κ2) is 11.4. The van der Waals surface area contributed by atoms with Gasteiger partial charge in [0.25, 0.3) is 0 Å². The number of β-amino-alcohol motifs (C(OH)–C–C–N with tert-alkyl or cyclic N) is 1. The highest BCUT2D eigenvalue weighted by Gasteiger charge is 2.33. The Hall–Kier alpha value is -2.69. The molecule has 4 rings (SSSR count). The number of imide groups is 1. The van der Waals surface area contributed by atoms with Crippen LogP contribution in [0.2, 0.25) is 0 Å². The van der Waals surface area contributed by atoms with E-state index in [1.165, 1.54) is 6.07 Å². The molecule has 10 heteroatoms. The molecule has 2 aliphatic heterocycles. The summed E-state index contributed by atoms with van der Waals surface area (Å²) in [5, 5.41) is 18.9. The summed E-state index contributed by atoms with van der Waals surface area (Å²) in [5.41, 5.74) is 6.50. The average Bonchev–Trinajstić information content (AvgIpc) is 3.58. The fraction of sp³-hybridized carbons (Fsp3) is 0.600. The lowest BCUT2D eigenvalue weighted by molar-refractivity contribution is -0.134. The number of carbonyl (C=O) groups is 2. The highest BCUT2D eigenvalue weighted by atomic mass is 19.1. The van der Waals surface area contributed by atoms with Crippen LogP contribution in [0.3, 0.4) is 0 Å². The summed E-state index contributed by atoms with van der Waals surface area (Å²) in [5.74, 6) is -0.181. The maximum Gasteiger partial charge on any atom is 0.243 e. The van der Waals surface area contributed by atoms with E-state index < -0.39 is 11.4 Å². The quantitative estimate of drug-likeness (QED) is 0.211. The van der Waals surface area contributed by atoms with Crippen LogP contribution in [-0.2, 0) is 15.2 Å². The van der Waals surface area contributed by atoms with Gasteiger partial charge in [-0.25, -0.2) is 4.39 Å². The van der Waals surface area contributed by atoms with E-state index in [2.05, 4.69) is 21.6 Å². The molecular weight excluding hydrogens is 453 g/mol. The average molecular weight is 490 g/mol. The minimum Gasteiger partial charge on any atom is -0.490 e. The first-order chi connectivity index (χ1) is 16.9. The van der Waals surface area contributed by atoms with Gasteiger partial charge in [-0.05, 0) is 75.1 Å². The van der Waals surface area contributed by atoms with Crippen molar-refractivity contribution < 1.29 is 23.8 Å². The largest absolute Gasteiger partial charge is 0.490 e. The maximum atomic E-state index is 14.3. The van der Waals surface area contributed by atoms with Gasteiger partial charge in [0.1, 0.15) is 5.60 Å². The molecule has 1 aliphatic carbocycles. The Morgan fingerprint density at radius 2 is 2.09 bits per heavy atom. The van der Waals surface area contributed by atoms with E-state index in [4.69, 9.17) is 4.74 Å². The normalized spacial score (nSPS) is 21.9. The number of hydrogen-bond donors (Lipinski definition) is 5. The third-order valence-corrected chi connectivity index (χ3v) is 6.92. The first-order valence-electron chi connectivity index (χ1n) is 12.6. The standard InChI is InChI=1S/C25H36FN5O4/c1-2-25(34,18-8-9-20(26)22(13-18)35-15-17-6-7-17)16-31-19(14-28-30-31)5-3-4-12-27-21-10-11-23(32)29-24(21)33/h8-9,13-14,17,21,27-28,30,34H,2-7,10-12,15-16H2,1H3,(H,29,32,33)/t21?,25-/m1/s1. The first kappa shape index (κ1) is 25.4. The zero-order valence-electron chi connectivity index (χ0n) is 20.2. The number of nitrogens with one attached hydrogen (secondary N) is 4. The molecule has 1 saturated carbocycles. The molecule has 9 nitrogen and oxygen atoms in total. The number of hydrazine groups is 2. The molecule has 2 amide bonds. The predicted molar refractivity (Wildman–Crippen MR) is 128 cm³/mol. The number of hydrogen-bond acceptors (Lipinski definition) is 8. The van der Waals surface area contributed by atoms with Crippen molar-refractivity contribution in [2.45, 2.75) is 69.9 Å². The Bertz CT molecular complexity index is 954. The first-order valence-corrected chi connectivity index (χ1v) is 12.6. The van der Waals surface area contributed by atoms with Gasteiger partial charge in [-0.3, -0.25) is 19.9 Å². The van der Waals surface area contributed by atoms with Crippen LogP contribution in [0.25, 0.3) is 0 Å². The van der Waals surface area contributed by atoms with Crippen molar-refractivity contribution in [1.29, 1.82) is 0 Å². The molecule has 2 fully saturated rings. The molecule has 0 aromatic heterocycles. The molecule has 0 radical (unpaired) electrons. The number of amides is 2.